The molecule has 1 atom stereocenters. The summed E-state index contributed by atoms with van der Waals surface area (Å²) in [4.78, 5) is 1.03. The zero-order chi connectivity index (χ0) is 10.8. The van der Waals surface area contributed by atoms with Crippen molar-refractivity contribution >= 4 is 22.9 Å². The molecule has 1 N–H and O–H groups in total. The van der Waals surface area contributed by atoms with Gasteiger partial charge in [-0.1, -0.05) is 31.4 Å². The van der Waals surface area contributed by atoms with Gasteiger partial charge in [-0.2, -0.15) is 0 Å². The van der Waals surface area contributed by atoms with Crippen molar-refractivity contribution in [2.75, 3.05) is 0 Å². The van der Waals surface area contributed by atoms with E-state index in [4.69, 9.17) is 11.6 Å². The summed E-state index contributed by atoms with van der Waals surface area (Å²) in [7, 11) is 0. The minimum absolute atomic E-state index is 0.296. The van der Waals surface area contributed by atoms with Crippen LogP contribution in [-0.2, 0) is 0 Å². The molecule has 3 heteroatoms. The van der Waals surface area contributed by atoms with Gasteiger partial charge >= 0.3 is 0 Å². The topological polar surface area (TPSA) is 20.2 Å². The number of hydrogen-bond acceptors (Lipinski definition) is 2. The van der Waals surface area contributed by atoms with Crippen LogP contribution in [0.15, 0.2) is 11.4 Å². The SMILES string of the molecule is CC1CCC(C(O)c2cc(Cl)cs2)CC1. The number of halogens is 1. The van der Waals surface area contributed by atoms with Crippen LogP contribution in [0.5, 0.6) is 0 Å². The Morgan fingerprint density at radius 2 is 2.07 bits per heavy atom. The Morgan fingerprint density at radius 1 is 1.40 bits per heavy atom. The fourth-order valence-corrected chi connectivity index (χ4v) is 3.48. The zero-order valence-electron chi connectivity index (χ0n) is 8.95. The molecule has 0 saturated heterocycles. The minimum atomic E-state index is -0.296. The van der Waals surface area contributed by atoms with E-state index >= 15 is 0 Å². The van der Waals surface area contributed by atoms with Crippen LogP contribution in [0.3, 0.4) is 0 Å². The maximum atomic E-state index is 10.2. The fourth-order valence-electron chi connectivity index (χ4n) is 2.32. The van der Waals surface area contributed by atoms with E-state index in [0.717, 1.165) is 28.7 Å². The fraction of sp³-hybridized carbons (Fsp3) is 0.667. The molecule has 1 aliphatic rings. The van der Waals surface area contributed by atoms with E-state index < -0.39 is 0 Å². The average Bonchev–Trinajstić information content (AvgIpc) is 2.65. The first-order valence-corrected chi connectivity index (χ1v) is 6.84. The second-order valence-electron chi connectivity index (χ2n) is 4.63. The summed E-state index contributed by atoms with van der Waals surface area (Å²) in [5.74, 6) is 1.27. The van der Waals surface area contributed by atoms with E-state index in [1.807, 2.05) is 11.4 Å². The molecule has 1 nitrogen and oxygen atoms in total. The van der Waals surface area contributed by atoms with Crippen LogP contribution in [0.25, 0.3) is 0 Å². The first-order valence-electron chi connectivity index (χ1n) is 5.59. The zero-order valence-corrected chi connectivity index (χ0v) is 10.5. The van der Waals surface area contributed by atoms with Gasteiger partial charge in [0, 0.05) is 10.3 Å². The van der Waals surface area contributed by atoms with E-state index in [2.05, 4.69) is 6.92 Å². The summed E-state index contributed by atoms with van der Waals surface area (Å²) in [5, 5.41) is 12.8. The minimum Gasteiger partial charge on any atom is -0.387 e. The lowest BCUT2D eigenvalue weighted by atomic mass is 9.80. The van der Waals surface area contributed by atoms with Crippen LogP contribution in [0.2, 0.25) is 5.02 Å². The molecule has 2 rings (SSSR count). The van der Waals surface area contributed by atoms with Crippen LogP contribution in [-0.4, -0.2) is 5.11 Å². The highest BCUT2D eigenvalue weighted by atomic mass is 35.5. The Bertz CT molecular complexity index is 315. The van der Waals surface area contributed by atoms with E-state index in [1.165, 1.54) is 12.8 Å². The lowest BCUT2D eigenvalue weighted by Gasteiger charge is -2.29. The Kier molecular flexibility index (Phi) is 3.70. The molecule has 1 heterocycles. The third kappa shape index (κ3) is 2.74. The molecule has 1 unspecified atom stereocenters. The number of aliphatic hydroxyl groups excluding tert-OH is 1. The summed E-state index contributed by atoms with van der Waals surface area (Å²) >= 11 is 7.44. The molecule has 1 fully saturated rings. The van der Waals surface area contributed by atoms with Crippen molar-refractivity contribution in [1.82, 2.24) is 0 Å². The standard InChI is InChI=1S/C12H17ClOS/c1-8-2-4-9(5-3-8)12(14)11-6-10(13)7-15-11/h6-9,12,14H,2-5H2,1H3. The molecule has 15 heavy (non-hydrogen) atoms. The monoisotopic (exact) mass is 244 g/mol. The molecule has 0 bridgehead atoms. The van der Waals surface area contributed by atoms with Gasteiger partial charge in [0.2, 0.25) is 0 Å². The lowest BCUT2D eigenvalue weighted by Crippen LogP contribution is -2.18. The molecule has 1 aliphatic carbocycles. The molecule has 1 aromatic rings. The summed E-state index contributed by atoms with van der Waals surface area (Å²) in [5.41, 5.74) is 0. The predicted octanol–water partition coefficient (Wildman–Crippen LogP) is 4.26. The molecular weight excluding hydrogens is 228 g/mol. The lowest BCUT2D eigenvalue weighted by molar-refractivity contribution is 0.0784. The summed E-state index contributed by atoms with van der Waals surface area (Å²) < 4.78 is 0. The van der Waals surface area contributed by atoms with Gasteiger partial charge in [0.1, 0.15) is 0 Å². The smallest absolute Gasteiger partial charge is 0.0910 e. The van der Waals surface area contributed by atoms with Crippen LogP contribution >= 0.6 is 22.9 Å². The molecule has 0 spiro atoms. The van der Waals surface area contributed by atoms with Gasteiger partial charge in [-0.3, -0.25) is 0 Å². The molecule has 84 valence electrons. The Balaban J connectivity index is 1.99. The van der Waals surface area contributed by atoms with Crippen molar-refractivity contribution < 1.29 is 5.11 Å². The van der Waals surface area contributed by atoms with Crippen molar-refractivity contribution in [3.05, 3.63) is 21.3 Å². The molecule has 0 aromatic carbocycles. The van der Waals surface area contributed by atoms with Gasteiger partial charge in [-0.25, -0.2) is 0 Å². The molecular formula is C12H17ClOS. The van der Waals surface area contributed by atoms with Crippen LogP contribution in [0.1, 0.15) is 43.6 Å². The van der Waals surface area contributed by atoms with E-state index in [0.29, 0.717) is 5.92 Å². The molecule has 0 amide bonds. The normalized spacial score (nSPS) is 29.0. The summed E-state index contributed by atoms with van der Waals surface area (Å²) in [6.45, 7) is 2.30. The second-order valence-corrected chi connectivity index (χ2v) is 6.01. The van der Waals surface area contributed by atoms with Crippen molar-refractivity contribution in [2.45, 2.75) is 38.7 Å². The quantitative estimate of drug-likeness (QED) is 0.824. The number of aliphatic hydroxyl groups is 1. The second kappa shape index (κ2) is 4.86. The van der Waals surface area contributed by atoms with Gasteiger partial charge < -0.3 is 5.11 Å². The van der Waals surface area contributed by atoms with E-state index in [1.54, 1.807) is 11.3 Å². The Morgan fingerprint density at radius 3 is 2.60 bits per heavy atom. The Labute approximate surface area is 100 Å². The number of hydrogen-bond donors (Lipinski definition) is 1. The third-order valence-electron chi connectivity index (χ3n) is 3.39. The van der Waals surface area contributed by atoms with Crippen molar-refractivity contribution in [2.24, 2.45) is 11.8 Å². The van der Waals surface area contributed by atoms with Gasteiger partial charge in [-0.05, 0) is 30.7 Å². The summed E-state index contributed by atoms with van der Waals surface area (Å²) in [6, 6.07) is 1.90. The number of thiophene rings is 1. The van der Waals surface area contributed by atoms with Crippen molar-refractivity contribution in [3.8, 4) is 0 Å². The maximum Gasteiger partial charge on any atom is 0.0910 e. The Hall–Kier alpha value is -0.0500. The highest BCUT2D eigenvalue weighted by Crippen LogP contribution is 2.38. The highest BCUT2D eigenvalue weighted by molar-refractivity contribution is 7.10. The van der Waals surface area contributed by atoms with E-state index in [9.17, 15) is 5.11 Å². The largest absolute Gasteiger partial charge is 0.387 e. The van der Waals surface area contributed by atoms with Gasteiger partial charge in [0.15, 0.2) is 0 Å². The highest BCUT2D eigenvalue weighted by Gasteiger charge is 2.26. The van der Waals surface area contributed by atoms with Crippen LogP contribution in [0.4, 0.5) is 0 Å². The average molecular weight is 245 g/mol. The molecule has 0 radical (unpaired) electrons. The summed E-state index contributed by atoms with van der Waals surface area (Å²) in [6.07, 6.45) is 4.51. The maximum absolute atomic E-state index is 10.2. The number of rotatable bonds is 2. The van der Waals surface area contributed by atoms with Gasteiger partial charge in [0.05, 0.1) is 11.1 Å². The van der Waals surface area contributed by atoms with Crippen molar-refractivity contribution in [1.29, 1.82) is 0 Å². The van der Waals surface area contributed by atoms with Gasteiger partial charge in [0.25, 0.3) is 0 Å². The van der Waals surface area contributed by atoms with Crippen LogP contribution < -0.4 is 0 Å². The predicted molar refractivity (Wildman–Crippen MR) is 65.4 cm³/mol. The molecule has 1 aromatic heterocycles. The van der Waals surface area contributed by atoms with E-state index in [-0.39, 0.29) is 6.10 Å². The van der Waals surface area contributed by atoms with Crippen molar-refractivity contribution in [3.63, 3.8) is 0 Å². The first-order chi connectivity index (χ1) is 7.16. The molecule has 0 aliphatic heterocycles. The van der Waals surface area contributed by atoms with Crippen LogP contribution in [0, 0.1) is 11.8 Å². The molecule has 1 saturated carbocycles. The third-order valence-corrected chi connectivity index (χ3v) is 4.74. The van der Waals surface area contributed by atoms with Gasteiger partial charge in [-0.15, -0.1) is 11.3 Å². The first kappa shape index (κ1) is 11.4.